The molecule has 0 saturated carbocycles. The topological polar surface area (TPSA) is 11.4 Å². The van der Waals surface area contributed by atoms with Crippen molar-refractivity contribution in [2.75, 3.05) is 9.80 Å². The minimum absolute atomic E-state index is 0.0609. The quantitative estimate of drug-likeness (QED) is 0.133. The first-order chi connectivity index (χ1) is 57.7. The van der Waals surface area contributed by atoms with Gasteiger partial charge in [-0.25, -0.2) is 0 Å². The molecule has 0 atom stereocenters. The molecule has 0 aliphatic carbocycles. The molecule has 0 fully saturated rings. The van der Waals surface area contributed by atoms with Gasteiger partial charge < -0.3 is 14.4 Å². The lowest BCUT2D eigenvalue weighted by molar-refractivity contribution is 0.568. The Morgan fingerprint density at radius 2 is 0.605 bits per heavy atom. The first-order valence-electron chi connectivity index (χ1n) is 45.8. The van der Waals surface area contributed by atoms with Gasteiger partial charge in [-0.05, 0) is 197 Å². The Morgan fingerprint density at radius 1 is 0.254 bits per heavy atom. The van der Waals surface area contributed by atoms with E-state index in [9.17, 15) is 11.0 Å². The Balaban J connectivity index is 1.19. The molecule has 3 nitrogen and oxygen atoms in total. The lowest BCUT2D eigenvalue weighted by Crippen LogP contribution is -2.61. The van der Waals surface area contributed by atoms with E-state index in [0.717, 1.165) is 117 Å². The molecule has 3 heterocycles. The predicted octanol–water partition coefficient (Wildman–Crippen LogP) is 29.2. The van der Waals surface area contributed by atoms with Crippen LogP contribution in [0.15, 0.2) is 267 Å². The number of para-hydroxylation sites is 2. The van der Waals surface area contributed by atoms with Crippen LogP contribution in [0, 0.1) is 0 Å². The number of anilines is 6. The van der Waals surface area contributed by atoms with Crippen LogP contribution in [-0.4, -0.2) is 11.3 Å². The van der Waals surface area contributed by atoms with Crippen molar-refractivity contribution in [2.24, 2.45) is 0 Å². The molecule has 0 bridgehead atoms. The monoisotopic (exact) mass is 1500 g/mol. The number of hydrogen-bond donors (Lipinski definition) is 0. The van der Waals surface area contributed by atoms with E-state index in [1.54, 1.807) is 0 Å². The second kappa shape index (κ2) is 27.5. The van der Waals surface area contributed by atoms with Crippen LogP contribution in [0.5, 0.6) is 0 Å². The maximum atomic E-state index is 9.87. The number of nitrogens with zero attached hydrogens (tertiary/aromatic N) is 3. The van der Waals surface area contributed by atoms with Crippen molar-refractivity contribution in [1.82, 2.24) is 4.57 Å². The van der Waals surface area contributed by atoms with Crippen LogP contribution in [0.1, 0.15) is 224 Å². The SMILES string of the molecule is [2H]c1c([2H])c([2H])c(-c2ccc3c(c2)N(c2c(-c4ccc(C(C)(C)C)cc4)cccc2-c2cc(C(C)(C)C)cc(C(C)(C)C)c2)c2cc(-n4c5ccc(C(C)(C)C)cc5c5cc(C(C)(C)C)ccc54)cc4c2B3c2ccc(-c3c([2H])c([2H])c([2H])c([2H])c3[2H])cc2N4c2c(-c3ccc(C(C)(C)C)cc3)cccc2-c2ccc(C(C)(C)C)cc2C(C)(C)C)c([2H])c1[2H]. The van der Waals surface area contributed by atoms with Crippen molar-refractivity contribution < 1.29 is 13.7 Å². The zero-order chi connectivity index (χ0) is 89.8. The van der Waals surface area contributed by atoms with E-state index in [0.29, 0.717) is 22.5 Å². The van der Waals surface area contributed by atoms with Crippen LogP contribution in [0.25, 0.3) is 94.3 Å². The van der Waals surface area contributed by atoms with E-state index in [1.165, 1.54) is 38.9 Å². The number of aromatic nitrogens is 1. The summed E-state index contributed by atoms with van der Waals surface area (Å²) >= 11 is 0. The first kappa shape index (κ1) is 65.7. The Hall–Kier alpha value is -10.7. The van der Waals surface area contributed by atoms with Gasteiger partial charge in [0, 0.05) is 55.8 Å². The molecule has 4 heteroatoms. The number of benzene rings is 13. The second-order valence-corrected chi connectivity index (χ2v) is 40.5. The highest BCUT2D eigenvalue weighted by Crippen LogP contribution is 2.56. The smallest absolute Gasteiger partial charge is 0.252 e. The van der Waals surface area contributed by atoms with Gasteiger partial charge in [0.25, 0.3) is 6.71 Å². The molecule has 114 heavy (non-hydrogen) atoms. The molecule has 14 aromatic rings. The lowest BCUT2D eigenvalue weighted by Gasteiger charge is -2.46. The van der Waals surface area contributed by atoms with E-state index >= 15 is 0 Å². The molecule has 574 valence electrons. The fraction of sp³-hybridized carbons (Fsp3) is 0.291. The molecule has 0 N–H and O–H groups in total. The molecule has 16 rings (SSSR count). The van der Waals surface area contributed by atoms with Gasteiger partial charge in [0.15, 0.2) is 0 Å². The first-order valence-corrected chi connectivity index (χ1v) is 40.8. The summed E-state index contributed by atoms with van der Waals surface area (Å²) < 4.78 is 97.3. The summed E-state index contributed by atoms with van der Waals surface area (Å²) in [6.45, 7) is 53.8. The van der Waals surface area contributed by atoms with Crippen LogP contribution in [0.4, 0.5) is 34.1 Å². The molecular weight excluding hydrogens is 1370 g/mol. The Bertz CT molecular complexity index is 6590. The third-order valence-corrected chi connectivity index (χ3v) is 24.0. The average Bonchev–Trinajstić information content (AvgIpc) is 0.859. The molecule has 0 radical (unpaired) electrons. The minimum atomic E-state index is -0.683. The van der Waals surface area contributed by atoms with Gasteiger partial charge in [0.1, 0.15) is 0 Å². The number of rotatable bonds is 9. The third kappa shape index (κ3) is 14.0. The zero-order valence-corrected chi connectivity index (χ0v) is 71.5. The standard InChI is InChI=1S/C110H116BN3/c1-103(2,3)76-47-41-71(42-48-76)84-37-31-39-86(75-59-81(108(16,17)18)63-82(60-75)109(19,20)21)101(84)113-96-61-73(69-33-27-25-28-34-69)45-55-92(96)111-93-56-46-74(70-35-29-26-30-36-70)62-97(93)114(99-68-83(67-98(113)100(99)111)112-94-57-52-78(105(7,8)9)64-89(94)90-65-79(106(10,11)12)53-58-95(90)112)102-85(72-43-49-77(50-44-72)104(4,5)6)38-32-40-88(102)87-54-51-80(107(13,14)15)66-91(87)110(22,23)24/h25-68H,1-24H3/i25D,26D,27D,28D,29D,30D,33D,34D,35D,36D. The van der Waals surface area contributed by atoms with E-state index in [1.807, 2.05) is 12.1 Å². The highest BCUT2D eigenvalue weighted by atomic mass is 15.2. The summed E-state index contributed by atoms with van der Waals surface area (Å²) in [4.78, 5) is 4.93. The van der Waals surface area contributed by atoms with Crippen molar-refractivity contribution >= 4 is 79.0 Å². The van der Waals surface area contributed by atoms with Gasteiger partial charge >= 0.3 is 0 Å². The lowest BCUT2D eigenvalue weighted by atomic mass is 9.33. The number of fused-ring (bicyclic) bond motifs is 7. The Morgan fingerprint density at radius 3 is 1.00 bits per heavy atom. The van der Waals surface area contributed by atoms with Gasteiger partial charge in [-0.1, -0.05) is 384 Å². The van der Waals surface area contributed by atoms with Crippen molar-refractivity contribution in [3.8, 4) is 72.4 Å². The second-order valence-electron chi connectivity index (χ2n) is 40.5. The average molecular weight is 1500 g/mol. The fourth-order valence-electron chi connectivity index (χ4n) is 17.2. The van der Waals surface area contributed by atoms with Crippen LogP contribution < -0.4 is 26.2 Å². The van der Waals surface area contributed by atoms with Crippen molar-refractivity contribution in [2.45, 2.75) is 209 Å². The summed E-state index contributed by atoms with van der Waals surface area (Å²) in [5.41, 5.74) is 26.1. The fourth-order valence-corrected chi connectivity index (χ4v) is 17.2. The molecule has 0 spiro atoms. The third-order valence-electron chi connectivity index (χ3n) is 24.0. The van der Waals surface area contributed by atoms with Gasteiger partial charge in [0.2, 0.25) is 0 Å². The van der Waals surface area contributed by atoms with E-state index in [2.05, 4.69) is 375 Å². The van der Waals surface area contributed by atoms with Crippen molar-refractivity contribution in [3.63, 3.8) is 0 Å². The van der Waals surface area contributed by atoms with Crippen molar-refractivity contribution in [3.05, 3.63) is 311 Å². The number of hydrogen-bond acceptors (Lipinski definition) is 2. The Kier molecular flexibility index (Phi) is 15.9. The van der Waals surface area contributed by atoms with Crippen LogP contribution in [-0.2, 0) is 43.3 Å². The van der Waals surface area contributed by atoms with Gasteiger partial charge in [-0.15, -0.1) is 0 Å². The molecule has 1 aromatic heterocycles. The Labute approximate surface area is 696 Å². The summed E-state index contributed by atoms with van der Waals surface area (Å²) in [6.07, 6.45) is 0. The van der Waals surface area contributed by atoms with Gasteiger partial charge in [0.05, 0.1) is 41.8 Å². The summed E-state index contributed by atoms with van der Waals surface area (Å²) in [5.74, 6) is 0. The van der Waals surface area contributed by atoms with Crippen LogP contribution in [0.3, 0.4) is 0 Å². The highest BCUT2D eigenvalue weighted by Gasteiger charge is 2.47. The van der Waals surface area contributed by atoms with Crippen LogP contribution >= 0.6 is 0 Å². The zero-order valence-electron chi connectivity index (χ0n) is 81.5. The molecule has 0 saturated heterocycles. The van der Waals surface area contributed by atoms with Crippen LogP contribution in [0.2, 0.25) is 0 Å². The minimum Gasteiger partial charge on any atom is -0.310 e. The maximum Gasteiger partial charge on any atom is 0.252 e. The molecule has 0 amide bonds. The van der Waals surface area contributed by atoms with E-state index in [-0.39, 0.29) is 73.2 Å². The van der Waals surface area contributed by atoms with E-state index in [4.69, 9.17) is 2.74 Å². The molecular formula is C110H116BN3. The normalized spacial score (nSPS) is 14.8. The molecule has 13 aromatic carbocycles. The summed E-state index contributed by atoms with van der Waals surface area (Å²) in [6, 6.07) is 72.4. The summed E-state index contributed by atoms with van der Waals surface area (Å²) in [7, 11) is 0. The predicted molar refractivity (Wildman–Crippen MR) is 497 cm³/mol. The molecule has 2 aliphatic rings. The summed E-state index contributed by atoms with van der Waals surface area (Å²) in [5, 5.41) is 2.18. The van der Waals surface area contributed by atoms with Gasteiger partial charge in [-0.3, -0.25) is 0 Å². The van der Waals surface area contributed by atoms with E-state index < -0.39 is 48.4 Å². The molecule has 0 unspecified atom stereocenters. The largest absolute Gasteiger partial charge is 0.310 e. The molecule has 2 aliphatic heterocycles. The van der Waals surface area contributed by atoms with Gasteiger partial charge in [-0.2, -0.15) is 0 Å². The maximum absolute atomic E-state index is 9.87. The highest BCUT2D eigenvalue weighted by molar-refractivity contribution is 7.00. The van der Waals surface area contributed by atoms with Crippen molar-refractivity contribution in [1.29, 1.82) is 0 Å².